The van der Waals surface area contributed by atoms with Gasteiger partial charge < -0.3 is 9.64 Å². The third-order valence-electron chi connectivity index (χ3n) is 2.26. The Balaban J connectivity index is 2.46. The van der Waals surface area contributed by atoms with E-state index in [1.54, 1.807) is 7.11 Å². The van der Waals surface area contributed by atoms with Gasteiger partial charge in [-0.2, -0.15) is 0 Å². The number of hydrogen-bond acceptors (Lipinski definition) is 4. The van der Waals surface area contributed by atoms with Crippen LogP contribution in [-0.2, 0) is 0 Å². The molecule has 5 heteroatoms. The molecular weight excluding hydrogens is 216 g/mol. The number of hydrogen-bond donors (Lipinski definition) is 0. The van der Waals surface area contributed by atoms with Crippen molar-refractivity contribution in [2.24, 2.45) is 10.3 Å². The van der Waals surface area contributed by atoms with E-state index in [-0.39, 0.29) is 0 Å². The van der Waals surface area contributed by atoms with Gasteiger partial charge in [-0.05, 0) is 38.4 Å². The van der Waals surface area contributed by atoms with Crippen LogP contribution < -0.4 is 4.74 Å². The lowest BCUT2D eigenvalue weighted by molar-refractivity contribution is 0.279. The fourth-order valence-electron chi connectivity index (χ4n) is 1.17. The lowest BCUT2D eigenvalue weighted by Gasteiger charge is -2.14. The Morgan fingerprint density at radius 1 is 1.06 bits per heavy atom. The molecule has 0 saturated carbocycles. The normalized spacial score (nSPS) is 11.1. The number of likely N-dealkylation sites (N-methyl/N-ethyl adjacent to an activating group) is 2. The largest absolute Gasteiger partial charge is 0.497 e. The predicted molar refractivity (Wildman–Crippen MR) is 68.7 cm³/mol. The Morgan fingerprint density at radius 2 is 1.71 bits per heavy atom. The third kappa shape index (κ3) is 5.31. The fraction of sp³-hybridized carbons (Fsp3) is 0.500. The first kappa shape index (κ1) is 13.4. The first-order valence-electron chi connectivity index (χ1n) is 5.53. The van der Waals surface area contributed by atoms with Gasteiger partial charge in [0.05, 0.1) is 19.3 Å². The second kappa shape index (κ2) is 6.85. The van der Waals surface area contributed by atoms with Crippen LogP contribution in [0.4, 0.5) is 5.69 Å². The minimum Gasteiger partial charge on any atom is -0.497 e. The average Bonchev–Trinajstić information content (AvgIpc) is 2.34. The Hall–Kier alpha value is -1.62. The molecular formula is C12H20N4O. The number of benzene rings is 1. The van der Waals surface area contributed by atoms with Crippen molar-refractivity contribution in [1.82, 2.24) is 9.91 Å². The van der Waals surface area contributed by atoms with Gasteiger partial charge in [-0.25, -0.2) is 0 Å². The van der Waals surface area contributed by atoms with Crippen molar-refractivity contribution in [3.05, 3.63) is 24.3 Å². The number of nitrogens with zero attached hydrogens (tertiary/aromatic N) is 4. The molecule has 0 radical (unpaired) electrons. The summed E-state index contributed by atoms with van der Waals surface area (Å²) in [6.07, 6.45) is 0. The molecule has 5 nitrogen and oxygen atoms in total. The summed E-state index contributed by atoms with van der Waals surface area (Å²) in [6.45, 7) is 1.81. The molecule has 94 valence electrons. The molecule has 0 unspecified atom stereocenters. The van der Waals surface area contributed by atoms with E-state index < -0.39 is 0 Å². The first-order valence-corrected chi connectivity index (χ1v) is 5.53. The van der Waals surface area contributed by atoms with E-state index in [0.29, 0.717) is 0 Å². The minimum absolute atomic E-state index is 0.822. The van der Waals surface area contributed by atoms with Crippen molar-refractivity contribution in [3.63, 3.8) is 0 Å². The van der Waals surface area contributed by atoms with E-state index in [0.717, 1.165) is 24.5 Å². The van der Waals surface area contributed by atoms with Crippen LogP contribution in [0.2, 0.25) is 0 Å². The molecule has 0 aliphatic carbocycles. The van der Waals surface area contributed by atoms with Crippen molar-refractivity contribution in [2.75, 3.05) is 41.3 Å². The summed E-state index contributed by atoms with van der Waals surface area (Å²) >= 11 is 0. The van der Waals surface area contributed by atoms with Crippen molar-refractivity contribution in [1.29, 1.82) is 0 Å². The molecule has 1 aromatic rings. The van der Waals surface area contributed by atoms with Gasteiger partial charge in [0.1, 0.15) is 5.75 Å². The van der Waals surface area contributed by atoms with Crippen LogP contribution in [0.5, 0.6) is 5.75 Å². The Morgan fingerprint density at radius 3 is 2.24 bits per heavy atom. The summed E-state index contributed by atoms with van der Waals surface area (Å²) in [5, 5.41) is 10.1. The summed E-state index contributed by atoms with van der Waals surface area (Å²) in [6, 6.07) is 7.49. The number of methoxy groups -OCH3 is 1. The molecule has 0 aliphatic rings. The number of ether oxygens (including phenoxy) is 1. The molecule has 0 amide bonds. The zero-order valence-corrected chi connectivity index (χ0v) is 10.9. The van der Waals surface area contributed by atoms with Crippen LogP contribution in [0.1, 0.15) is 0 Å². The predicted octanol–water partition coefficient (Wildman–Crippen LogP) is 2.19. The summed E-state index contributed by atoms with van der Waals surface area (Å²) in [7, 11) is 7.63. The van der Waals surface area contributed by atoms with Gasteiger partial charge in [0.15, 0.2) is 0 Å². The van der Waals surface area contributed by atoms with E-state index in [1.165, 1.54) is 0 Å². The number of rotatable bonds is 6. The van der Waals surface area contributed by atoms with E-state index in [9.17, 15) is 0 Å². The molecule has 17 heavy (non-hydrogen) atoms. The molecule has 0 spiro atoms. The van der Waals surface area contributed by atoms with Gasteiger partial charge >= 0.3 is 0 Å². The smallest absolute Gasteiger partial charge is 0.119 e. The van der Waals surface area contributed by atoms with Crippen molar-refractivity contribution >= 4 is 5.69 Å². The molecule has 1 rings (SSSR count). The van der Waals surface area contributed by atoms with Gasteiger partial charge in [-0.1, -0.05) is 5.22 Å². The van der Waals surface area contributed by atoms with Gasteiger partial charge in [0.2, 0.25) is 0 Å². The molecule has 0 bridgehead atoms. The maximum atomic E-state index is 5.07. The second-order valence-electron chi connectivity index (χ2n) is 4.07. The molecule has 0 heterocycles. The maximum Gasteiger partial charge on any atom is 0.119 e. The fourth-order valence-corrected chi connectivity index (χ4v) is 1.17. The van der Waals surface area contributed by atoms with Gasteiger partial charge in [-0.15, -0.1) is 5.11 Å². The topological polar surface area (TPSA) is 40.4 Å². The highest BCUT2D eigenvalue weighted by Gasteiger charge is 1.96. The van der Waals surface area contributed by atoms with Gasteiger partial charge in [0, 0.05) is 13.6 Å². The summed E-state index contributed by atoms with van der Waals surface area (Å²) in [4.78, 5) is 2.11. The molecule has 0 saturated heterocycles. The highest BCUT2D eigenvalue weighted by Crippen LogP contribution is 2.17. The molecule has 1 aromatic carbocycles. The Labute approximate surface area is 103 Å². The maximum absolute atomic E-state index is 5.07. The minimum atomic E-state index is 0.822. The lowest BCUT2D eigenvalue weighted by Crippen LogP contribution is -2.24. The van der Waals surface area contributed by atoms with Crippen LogP contribution in [0, 0.1) is 0 Å². The van der Waals surface area contributed by atoms with Crippen LogP contribution >= 0.6 is 0 Å². The van der Waals surface area contributed by atoms with Crippen LogP contribution in [0.25, 0.3) is 0 Å². The SMILES string of the molecule is COc1ccc(N=NN(C)CCN(C)C)cc1. The van der Waals surface area contributed by atoms with Gasteiger partial charge in [-0.3, -0.25) is 5.01 Å². The Kier molecular flexibility index (Phi) is 5.42. The molecule has 0 N–H and O–H groups in total. The Bertz CT molecular complexity index is 348. The van der Waals surface area contributed by atoms with Crippen molar-refractivity contribution in [2.45, 2.75) is 0 Å². The zero-order valence-electron chi connectivity index (χ0n) is 10.9. The van der Waals surface area contributed by atoms with Gasteiger partial charge in [0.25, 0.3) is 0 Å². The zero-order chi connectivity index (χ0) is 12.7. The van der Waals surface area contributed by atoms with Crippen molar-refractivity contribution < 1.29 is 4.74 Å². The summed E-state index contributed by atoms with van der Waals surface area (Å²) < 4.78 is 5.07. The summed E-state index contributed by atoms with van der Waals surface area (Å²) in [5.41, 5.74) is 0.822. The molecule has 0 fully saturated rings. The van der Waals surface area contributed by atoms with Crippen LogP contribution in [0.15, 0.2) is 34.6 Å². The second-order valence-corrected chi connectivity index (χ2v) is 4.07. The third-order valence-corrected chi connectivity index (χ3v) is 2.26. The van der Waals surface area contributed by atoms with E-state index in [1.807, 2.05) is 50.4 Å². The lowest BCUT2D eigenvalue weighted by atomic mass is 10.3. The monoisotopic (exact) mass is 236 g/mol. The average molecular weight is 236 g/mol. The van der Waals surface area contributed by atoms with Crippen LogP contribution in [-0.4, -0.2) is 51.3 Å². The highest BCUT2D eigenvalue weighted by molar-refractivity contribution is 5.40. The molecule has 0 aliphatic heterocycles. The molecule has 0 atom stereocenters. The quantitative estimate of drug-likeness (QED) is 0.561. The van der Waals surface area contributed by atoms with E-state index in [2.05, 4.69) is 15.2 Å². The summed E-state index contributed by atoms with van der Waals surface area (Å²) in [5.74, 6) is 0.824. The van der Waals surface area contributed by atoms with E-state index in [4.69, 9.17) is 4.74 Å². The highest BCUT2D eigenvalue weighted by atomic mass is 16.5. The standard InChI is InChI=1S/C12H20N4O/c1-15(2)9-10-16(3)14-13-11-5-7-12(17-4)8-6-11/h5-8H,9-10H2,1-4H3. The van der Waals surface area contributed by atoms with Crippen molar-refractivity contribution in [3.8, 4) is 5.75 Å². The first-order chi connectivity index (χ1) is 8.11. The molecule has 0 aromatic heterocycles. The van der Waals surface area contributed by atoms with Crippen LogP contribution in [0.3, 0.4) is 0 Å². The van der Waals surface area contributed by atoms with E-state index >= 15 is 0 Å².